The molecule has 2 aromatic carbocycles. The van der Waals surface area contributed by atoms with E-state index in [1.807, 2.05) is 55.6 Å². The van der Waals surface area contributed by atoms with Gasteiger partial charge in [0, 0.05) is 28.0 Å². The van der Waals surface area contributed by atoms with E-state index in [1.165, 1.54) is 5.56 Å². The number of hydrogen-bond donors (Lipinski definition) is 2. The van der Waals surface area contributed by atoms with Crippen molar-refractivity contribution in [3.8, 4) is 0 Å². The summed E-state index contributed by atoms with van der Waals surface area (Å²) in [4.78, 5) is 20.2. The molecule has 0 amide bonds. The SMILES string of the molecule is CCN.CCNC(c1ccc(Cl)cc1)c1ccccn1.Cl.O=C(c1ccc(Cl)cc1)c1ccccn1. The molecule has 0 saturated carbocycles. The van der Waals surface area contributed by atoms with Gasteiger partial charge in [-0.3, -0.25) is 14.8 Å². The molecule has 8 heteroatoms. The minimum absolute atomic E-state index is 0. The Morgan fingerprint density at radius 3 is 1.83 bits per heavy atom. The molecule has 36 heavy (non-hydrogen) atoms. The molecule has 0 spiro atoms. The quantitative estimate of drug-likeness (QED) is 0.261. The van der Waals surface area contributed by atoms with Crippen molar-refractivity contribution in [3.05, 3.63) is 130 Å². The van der Waals surface area contributed by atoms with Crippen molar-refractivity contribution in [1.29, 1.82) is 0 Å². The van der Waals surface area contributed by atoms with Crippen molar-refractivity contribution < 1.29 is 4.79 Å². The van der Waals surface area contributed by atoms with E-state index in [-0.39, 0.29) is 24.2 Å². The standard InChI is InChI=1S/C14H15ClN2.C12H8ClNO.C2H7N.ClH/c1-2-16-14(13-5-3-4-10-17-13)11-6-8-12(15)9-7-11;13-10-6-4-9(5-7-10)12(15)11-3-1-2-8-14-11;1-2-3;/h3-10,14,16H,2H2,1H3;1-8H;2-3H2,1H3;1H. The number of halogens is 3. The van der Waals surface area contributed by atoms with E-state index in [0.29, 0.717) is 16.3 Å². The highest BCUT2D eigenvalue weighted by Gasteiger charge is 2.13. The Labute approximate surface area is 229 Å². The predicted molar refractivity (Wildman–Crippen MR) is 152 cm³/mol. The van der Waals surface area contributed by atoms with Crippen molar-refractivity contribution >= 4 is 41.4 Å². The molecular weight excluding hydrogens is 515 g/mol. The molecule has 3 N–H and O–H groups in total. The highest BCUT2D eigenvalue weighted by molar-refractivity contribution is 6.31. The Hall–Kier alpha value is -2.80. The maximum absolute atomic E-state index is 11.9. The molecule has 1 atom stereocenters. The summed E-state index contributed by atoms with van der Waals surface area (Å²) in [5.74, 6) is -0.0905. The van der Waals surface area contributed by atoms with E-state index in [9.17, 15) is 4.79 Å². The number of nitrogens with one attached hydrogen (secondary N) is 1. The average molecular weight is 546 g/mol. The van der Waals surface area contributed by atoms with Crippen LogP contribution in [0.3, 0.4) is 0 Å². The normalized spacial score (nSPS) is 10.5. The summed E-state index contributed by atoms with van der Waals surface area (Å²) < 4.78 is 0. The molecule has 2 heterocycles. The number of pyridine rings is 2. The summed E-state index contributed by atoms with van der Waals surface area (Å²) in [5.41, 5.74) is 8.09. The van der Waals surface area contributed by atoms with E-state index < -0.39 is 0 Å². The van der Waals surface area contributed by atoms with Crippen LogP contribution in [0.4, 0.5) is 0 Å². The molecule has 0 bridgehead atoms. The Balaban J connectivity index is 0.000000319. The number of rotatable bonds is 6. The Morgan fingerprint density at radius 1 is 0.833 bits per heavy atom. The van der Waals surface area contributed by atoms with Crippen LogP contribution in [0.2, 0.25) is 10.0 Å². The maximum Gasteiger partial charge on any atom is 0.211 e. The number of nitrogens with two attached hydrogens (primary N) is 1. The molecule has 0 aliphatic rings. The minimum Gasteiger partial charge on any atom is -0.331 e. The lowest BCUT2D eigenvalue weighted by Crippen LogP contribution is -2.22. The molecule has 2 aromatic heterocycles. The van der Waals surface area contributed by atoms with Gasteiger partial charge in [-0.2, -0.15) is 0 Å². The van der Waals surface area contributed by atoms with Crippen LogP contribution in [0.15, 0.2) is 97.3 Å². The topological polar surface area (TPSA) is 80.9 Å². The number of hydrogen-bond acceptors (Lipinski definition) is 5. The van der Waals surface area contributed by atoms with Crippen LogP contribution in [-0.4, -0.2) is 28.8 Å². The third kappa shape index (κ3) is 10.4. The summed E-state index contributed by atoms with van der Waals surface area (Å²) in [6, 6.07) is 26.0. The molecule has 5 nitrogen and oxygen atoms in total. The zero-order valence-corrected chi connectivity index (χ0v) is 22.6. The van der Waals surface area contributed by atoms with Crippen molar-refractivity contribution in [3.63, 3.8) is 0 Å². The fourth-order valence-corrected chi connectivity index (χ4v) is 3.30. The highest BCUT2D eigenvalue weighted by atomic mass is 35.5. The van der Waals surface area contributed by atoms with Gasteiger partial charge in [0.2, 0.25) is 5.78 Å². The predicted octanol–water partition coefficient (Wildman–Crippen LogP) is 6.79. The van der Waals surface area contributed by atoms with Gasteiger partial charge in [-0.05, 0) is 79.3 Å². The lowest BCUT2D eigenvalue weighted by atomic mass is 10.0. The van der Waals surface area contributed by atoms with Crippen molar-refractivity contribution in [1.82, 2.24) is 15.3 Å². The molecule has 1 unspecified atom stereocenters. The third-order valence-corrected chi connectivity index (χ3v) is 5.10. The van der Waals surface area contributed by atoms with E-state index in [0.717, 1.165) is 23.8 Å². The molecule has 0 aliphatic carbocycles. The fraction of sp³-hybridized carbons (Fsp3) is 0.179. The lowest BCUT2D eigenvalue weighted by Gasteiger charge is -2.17. The first kappa shape index (κ1) is 31.2. The Bertz CT molecular complexity index is 1130. The number of carbonyl (C=O) groups is 1. The van der Waals surface area contributed by atoms with Crippen molar-refractivity contribution in [2.75, 3.05) is 13.1 Å². The lowest BCUT2D eigenvalue weighted by molar-refractivity contribution is 0.103. The van der Waals surface area contributed by atoms with Crippen LogP contribution >= 0.6 is 35.6 Å². The summed E-state index contributed by atoms with van der Waals surface area (Å²) in [7, 11) is 0. The second-order valence-electron chi connectivity index (χ2n) is 7.26. The zero-order valence-electron chi connectivity index (χ0n) is 20.3. The van der Waals surface area contributed by atoms with Crippen molar-refractivity contribution in [2.45, 2.75) is 19.9 Å². The first-order valence-electron chi connectivity index (χ1n) is 11.3. The van der Waals surface area contributed by atoms with Crippen molar-refractivity contribution in [2.24, 2.45) is 5.73 Å². The van der Waals surface area contributed by atoms with E-state index in [2.05, 4.69) is 22.2 Å². The van der Waals surface area contributed by atoms with Crippen LogP contribution in [0.1, 0.15) is 47.2 Å². The number of carbonyl (C=O) groups excluding carboxylic acids is 1. The first-order chi connectivity index (χ1) is 17.0. The minimum atomic E-state index is -0.0905. The van der Waals surface area contributed by atoms with Gasteiger partial charge in [-0.1, -0.05) is 61.3 Å². The number of benzene rings is 2. The van der Waals surface area contributed by atoms with E-state index in [4.69, 9.17) is 28.9 Å². The fourth-order valence-electron chi connectivity index (χ4n) is 3.05. The molecular formula is C28H31Cl3N4O. The molecule has 0 radical (unpaired) electrons. The van der Waals surface area contributed by atoms with Gasteiger partial charge in [0.1, 0.15) is 5.69 Å². The zero-order chi connectivity index (χ0) is 25.5. The smallest absolute Gasteiger partial charge is 0.211 e. The van der Waals surface area contributed by atoms with Crippen LogP contribution in [0.25, 0.3) is 0 Å². The third-order valence-electron chi connectivity index (χ3n) is 4.60. The number of aromatic nitrogens is 2. The molecule has 4 rings (SSSR count). The maximum atomic E-state index is 11.9. The Morgan fingerprint density at radius 2 is 1.36 bits per heavy atom. The second kappa shape index (κ2) is 17.6. The van der Waals surface area contributed by atoms with Crippen LogP contribution in [0.5, 0.6) is 0 Å². The van der Waals surface area contributed by atoms with Gasteiger partial charge >= 0.3 is 0 Å². The van der Waals surface area contributed by atoms with Gasteiger partial charge in [-0.25, -0.2) is 0 Å². The molecule has 190 valence electrons. The summed E-state index contributed by atoms with van der Waals surface area (Å²) in [6.45, 7) is 5.63. The van der Waals surface area contributed by atoms with Gasteiger partial charge in [0.05, 0.1) is 11.7 Å². The van der Waals surface area contributed by atoms with E-state index in [1.54, 1.807) is 48.7 Å². The van der Waals surface area contributed by atoms with Gasteiger partial charge in [-0.15, -0.1) is 12.4 Å². The monoisotopic (exact) mass is 544 g/mol. The highest BCUT2D eigenvalue weighted by Crippen LogP contribution is 2.21. The summed E-state index contributed by atoms with van der Waals surface area (Å²) in [5, 5.41) is 4.80. The second-order valence-corrected chi connectivity index (χ2v) is 8.13. The van der Waals surface area contributed by atoms with Gasteiger partial charge in [0.25, 0.3) is 0 Å². The van der Waals surface area contributed by atoms with Crippen LogP contribution < -0.4 is 11.1 Å². The molecule has 0 aliphatic heterocycles. The molecule has 0 saturated heterocycles. The summed E-state index contributed by atoms with van der Waals surface area (Å²) in [6.07, 6.45) is 3.42. The Kier molecular flexibility index (Phi) is 15.3. The summed E-state index contributed by atoms with van der Waals surface area (Å²) >= 11 is 11.6. The van der Waals surface area contributed by atoms with Gasteiger partial charge < -0.3 is 11.1 Å². The largest absolute Gasteiger partial charge is 0.331 e. The first-order valence-corrected chi connectivity index (χ1v) is 12.1. The number of nitrogens with zero attached hydrogens (tertiary/aromatic N) is 2. The molecule has 0 fully saturated rings. The number of ketones is 1. The van der Waals surface area contributed by atoms with Crippen LogP contribution in [-0.2, 0) is 0 Å². The van der Waals surface area contributed by atoms with E-state index >= 15 is 0 Å². The van der Waals surface area contributed by atoms with Gasteiger partial charge in [0.15, 0.2) is 0 Å². The van der Waals surface area contributed by atoms with Crippen LogP contribution in [0, 0.1) is 0 Å². The molecule has 4 aromatic rings. The average Bonchev–Trinajstić information content (AvgIpc) is 2.90.